The fourth-order valence-electron chi connectivity index (χ4n) is 10.2. The van der Waals surface area contributed by atoms with Crippen molar-refractivity contribution in [3.8, 4) is 78.9 Å². The number of aromatic nitrogens is 5. The van der Waals surface area contributed by atoms with Gasteiger partial charge < -0.3 is 4.57 Å². The van der Waals surface area contributed by atoms with Crippen LogP contribution in [0.1, 0.15) is 17.7 Å². The predicted octanol–water partition coefficient (Wildman–Crippen LogP) is 15.9. The number of hydrogen-bond acceptors (Lipinski definition) is 3. The zero-order valence-corrected chi connectivity index (χ0v) is 37.2. The van der Waals surface area contributed by atoms with Crippen LogP contribution in [-0.2, 0) is 6.42 Å². The van der Waals surface area contributed by atoms with E-state index in [9.17, 15) is 0 Å². The predicted molar refractivity (Wildman–Crippen MR) is 281 cm³/mol. The van der Waals surface area contributed by atoms with Crippen molar-refractivity contribution in [3.63, 3.8) is 0 Å². The highest BCUT2D eigenvalue weighted by Gasteiger charge is 2.22. The number of para-hydroxylation sites is 2. The van der Waals surface area contributed by atoms with Gasteiger partial charge in [-0.25, -0.2) is 4.98 Å². The Labute approximate surface area is 394 Å². The number of allylic oxidation sites excluding steroid dienone is 1. The molecule has 0 bridgehead atoms. The number of rotatable bonds is 8. The van der Waals surface area contributed by atoms with Crippen LogP contribution in [0.3, 0.4) is 0 Å². The molecule has 5 heteroatoms. The third-order valence-electron chi connectivity index (χ3n) is 13.4. The Morgan fingerprint density at radius 2 is 0.779 bits per heavy atom. The molecule has 0 fully saturated rings. The fraction of sp³-hybridized carbons (Fsp3) is 0.0317. The van der Waals surface area contributed by atoms with E-state index in [0.29, 0.717) is 17.6 Å². The third kappa shape index (κ3) is 6.92. The normalized spacial score (nSPS) is 12.2. The average molecular weight is 870 g/mol. The van der Waals surface area contributed by atoms with Crippen LogP contribution >= 0.6 is 0 Å². The van der Waals surface area contributed by atoms with E-state index < -0.39 is 0 Å². The molecular weight excluding hydrogens is 827 g/mol. The number of benzene rings is 9. The Kier molecular flexibility index (Phi) is 9.57. The van der Waals surface area contributed by atoms with Gasteiger partial charge in [0, 0.05) is 44.2 Å². The van der Waals surface area contributed by atoms with Crippen LogP contribution in [0.15, 0.2) is 231 Å². The molecule has 12 aromatic rings. The van der Waals surface area contributed by atoms with Crippen molar-refractivity contribution in [2.45, 2.75) is 12.8 Å². The summed E-state index contributed by atoms with van der Waals surface area (Å²) in [5.41, 5.74) is 18.1. The second-order valence-electron chi connectivity index (χ2n) is 17.6. The molecule has 1 aliphatic carbocycles. The van der Waals surface area contributed by atoms with Crippen molar-refractivity contribution in [2.24, 2.45) is 0 Å². The van der Waals surface area contributed by atoms with Gasteiger partial charge in [0.2, 0.25) is 5.95 Å². The topological polar surface area (TPSA) is 48.5 Å². The summed E-state index contributed by atoms with van der Waals surface area (Å²) >= 11 is 0. The van der Waals surface area contributed by atoms with Gasteiger partial charge in [0.15, 0.2) is 11.6 Å². The lowest BCUT2D eigenvalue weighted by molar-refractivity contribution is 0.889. The van der Waals surface area contributed by atoms with Crippen LogP contribution in [0.4, 0.5) is 0 Å². The molecule has 68 heavy (non-hydrogen) atoms. The summed E-state index contributed by atoms with van der Waals surface area (Å²) in [6, 6.07) is 80.3. The molecule has 0 aliphatic heterocycles. The van der Waals surface area contributed by atoms with Gasteiger partial charge in [-0.1, -0.05) is 182 Å². The maximum atomic E-state index is 5.24. The highest BCUT2D eigenvalue weighted by atomic mass is 15.2. The minimum atomic E-state index is 0.570. The van der Waals surface area contributed by atoms with Crippen LogP contribution in [0.5, 0.6) is 0 Å². The van der Waals surface area contributed by atoms with E-state index in [1.807, 2.05) is 36.4 Å². The smallest absolute Gasteiger partial charge is 0.238 e. The summed E-state index contributed by atoms with van der Waals surface area (Å²) < 4.78 is 4.73. The zero-order chi connectivity index (χ0) is 45.0. The minimum Gasteiger partial charge on any atom is -0.313 e. The summed E-state index contributed by atoms with van der Waals surface area (Å²) in [5, 5.41) is 3.54. The second kappa shape index (κ2) is 16.5. The van der Waals surface area contributed by atoms with Crippen molar-refractivity contribution >= 4 is 38.8 Å². The molecule has 3 heterocycles. The van der Waals surface area contributed by atoms with E-state index in [4.69, 9.17) is 15.0 Å². The Morgan fingerprint density at radius 1 is 0.324 bits per heavy atom. The molecular formula is C63H43N5. The highest BCUT2D eigenvalue weighted by molar-refractivity contribution is 6.10. The quantitative estimate of drug-likeness (QED) is 0.153. The molecule has 1 aliphatic rings. The molecule has 0 N–H and O–H groups in total. The Hall–Kier alpha value is -8.93. The van der Waals surface area contributed by atoms with Crippen molar-refractivity contribution in [2.75, 3.05) is 0 Å². The van der Waals surface area contributed by atoms with Gasteiger partial charge in [-0.3, -0.25) is 4.57 Å². The molecule has 0 saturated heterocycles. The van der Waals surface area contributed by atoms with Crippen LogP contribution in [0.25, 0.3) is 118 Å². The SMILES string of the molecule is C1=Cc2c(n(-c3cc(-c4cc(-c5ccccc5)cc(-c5ccccc5)c4)cc(-c4ccc5c6ccccc6n(-c6nc(-c7ccccc7)nc(-c7ccccc7)n6)c5c4)c3)c3ccccc23)CC1. The zero-order valence-electron chi connectivity index (χ0n) is 37.2. The van der Waals surface area contributed by atoms with E-state index in [0.717, 1.165) is 73.7 Å². The highest BCUT2D eigenvalue weighted by Crippen LogP contribution is 2.41. The van der Waals surface area contributed by atoms with Gasteiger partial charge in [0.1, 0.15) is 0 Å². The van der Waals surface area contributed by atoms with E-state index >= 15 is 0 Å². The summed E-state index contributed by atoms with van der Waals surface area (Å²) in [5.74, 6) is 1.82. The Morgan fingerprint density at radius 3 is 1.37 bits per heavy atom. The van der Waals surface area contributed by atoms with Crippen molar-refractivity contribution in [1.29, 1.82) is 0 Å². The van der Waals surface area contributed by atoms with Gasteiger partial charge >= 0.3 is 0 Å². The van der Waals surface area contributed by atoms with Crippen molar-refractivity contribution in [1.82, 2.24) is 24.1 Å². The molecule has 0 amide bonds. The first-order chi connectivity index (χ1) is 33.7. The number of nitrogens with zero attached hydrogens (tertiary/aromatic N) is 5. The molecule has 320 valence electrons. The first-order valence-electron chi connectivity index (χ1n) is 23.3. The summed E-state index contributed by atoms with van der Waals surface area (Å²) in [7, 11) is 0. The molecule has 0 spiro atoms. The van der Waals surface area contributed by atoms with Gasteiger partial charge in [-0.15, -0.1) is 0 Å². The standard InChI is InChI=1S/C63H43N5/c1-5-19-42(20-6-1)47-35-48(43-21-7-2-8-22-43)37-49(36-47)51-38-50(39-52(40-51)67-57-30-16-13-27-53(57)54-28-14-17-31-58(54)67)46-33-34-56-55-29-15-18-32-59(55)68(60(56)41-46)63-65-61(44-23-9-3-10-24-44)64-62(66-63)45-25-11-4-12-26-45/h1-16,18-30,32-41H,17,31H2. The first kappa shape index (κ1) is 39.4. The Bertz CT molecular complexity index is 3770. The van der Waals surface area contributed by atoms with E-state index in [2.05, 4.69) is 209 Å². The Balaban J connectivity index is 1.07. The van der Waals surface area contributed by atoms with Gasteiger partial charge in [-0.05, 0) is 112 Å². The molecule has 5 nitrogen and oxygen atoms in total. The van der Waals surface area contributed by atoms with E-state index in [1.54, 1.807) is 0 Å². The van der Waals surface area contributed by atoms with Crippen molar-refractivity contribution in [3.05, 3.63) is 242 Å². The summed E-state index contributed by atoms with van der Waals surface area (Å²) in [6.07, 6.45) is 6.60. The first-order valence-corrected chi connectivity index (χ1v) is 23.3. The van der Waals surface area contributed by atoms with Crippen LogP contribution in [0, 0.1) is 0 Å². The van der Waals surface area contributed by atoms with Gasteiger partial charge in [0.05, 0.1) is 16.6 Å². The van der Waals surface area contributed by atoms with Gasteiger partial charge in [0.25, 0.3) is 0 Å². The van der Waals surface area contributed by atoms with Crippen molar-refractivity contribution < 1.29 is 0 Å². The summed E-state index contributed by atoms with van der Waals surface area (Å²) in [4.78, 5) is 15.5. The second-order valence-corrected chi connectivity index (χ2v) is 17.6. The minimum absolute atomic E-state index is 0.570. The van der Waals surface area contributed by atoms with Crippen LogP contribution in [-0.4, -0.2) is 24.1 Å². The molecule has 0 radical (unpaired) electrons. The molecule has 0 unspecified atom stereocenters. The van der Waals surface area contributed by atoms with Crippen LogP contribution in [0.2, 0.25) is 0 Å². The fourth-order valence-corrected chi connectivity index (χ4v) is 10.2. The molecule has 0 atom stereocenters. The van der Waals surface area contributed by atoms with Gasteiger partial charge in [-0.2, -0.15) is 9.97 Å². The third-order valence-corrected chi connectivity index (χ3v) is 13.4. The molecule has 13 rings (SSSR count). The van der Waals surface area contributed by atoms with Crippen LogP contribution < -0.4 is 0 Å². The maximum Gasteiger partial charge on any atom is 0.238 e. The number of hydrogen-bond donors (Lipinski definition) is 0. The summed E-state index contributed by atoms with van der Waals surface area (Å²) in [6.45, 7) is 0. The number of fused-ring (bicyclic) bond motifs is 6. The monoisotopic (exact) mass is 869 g/mol. The maximum absolute atomic E-state index is 5.24. The lowest BCUT2D eigenvalue weighted by Crippen LogP contribution is -2.06. The molecule has 0 saturated carbocycles. The average Bonchev–Trinajstić information content (AvgIpc) is 3.94. The lowest BCUT2D eigenvalue weighted by Gasteiger charge is -2.18. The van der Waals surface area contributed by atoms with E-state index in [1.165, 1.54) is 44.4 Å². The molecule has 3 aromatic heterocycles. The largest absolute Gasteiger partial charge is 0.313 e. The van der Waals surface area contributed by atoms with E-state index in [-0.39, 0.29) is 0 Å². The lowest BCUT2D eigenvalue weighted by atomic mass is 9.91. The molecule has 9 aromatic carbocycles.